The van der Waals surface area contributed by atoms with Crippen molar-refractivity contribution in [2.45, 2.75) is 27.7 Å². The van der Waals surface area contributed by atoms with E-state index in [1.54, 1.807) is 43.8 Å². The topological polar surface area (TPSA) is 123 Å². The van der Waals surface area contributed by atoms with Crippen LogP contribution in [0.1, 0.15) is 41.2 Å². The highest BCUT2D eigenvalue weighted by Crippen LogP contribution is 2.42. The van der Waals surface area contributed by atoms with Gasteiger partial charge in [-0.05, 0) is 64.1 Å². The standard InChI is InChI=1S/C30H25FN4O5/c1-5-38-25-11-19(30(36)37)12-26(39-6-2)29(25)35-15-22(21-8-7-18(13-32)9-23(21)31)28-24(35)10-20(14-33-28)27-16(3)34-40-17(27)4/h7-12,14-15H,5-6H2,1-4H3,(H,36,37). The SMILES string of the molecule is CCOc1cc(C(=O)O)cc(OCC)c1-n1cc(-c2ccc(C#N)cc2F)c2ncc(-c3c(C)noc3C)cc21. The Balaban J connectivity index is 1.88. The highest BCUT2D eigenvalue weighted by atomic mass is 19.1. The maximum Gasteiger partial charge on any atom is 0.335 e. The second-order valence-corrected chi connectivity index (χ2v) is 9.00. The van der Waals surface area contributed by atoms with Gasteiger partial charge in [0, 0.05) is 34.6 Å². The third-order valence-corrected chi connectivity index (χ3v) is 6.48. The van der Waals surface area contributed by atoms with Crippen LogP contribution >= 0.6 is 0 Å². The third-order valence-electron chi connectivity index (χ3n) is 6.48. The van der Waals surface area contributed by atoms with E-state index in [9.17, 15) is 15.2 Å². The van der Waals surface area contributed by atoms with Gasteiger partial charge in [0.1, 0.15) is 28.8 Å². The van der Waals surface area contributed by atoms with Crippen molar-refractivity contribution in [2.75, 3.05) is 13.2 Å². The number of fused-ring (bicyclic) bond motifs is 1. The quantitative estimate of drug-likeness (QED) is 0.237. The lowest BCUT2D eigenvalue weighted by atomic mass is 10.0. The molecule has 3 aromatic heterocycles. The van der Waals surface area contributed by atoms with E-state index in [2.05, 4.69) is 5.16 Å². The van der Waals surface area contributed by atoms with Crippen LogP contribution in [-0.4, -0.2) is 39.0 Å². The Bertz CT molecular complexity index is 1770. The number of hydrogen-bond acceptors (Lipinski definition) is 7. The van der Waals surface area contributed by atoms with Gasteiger partial charge in [0.05, 0.1) is 47.1 Å². The van der Waals surface area contributed by atoms with Gasteiger partial charge in [-0.2, -0.15) is 5.26 Å². The number of aromatic carboxylic acids is 1. The second-order valence-electron chi connectivity index (χ2n) is 9.00. The van der Waals surface area contributed by atoms with Crippen LogP contribution in [0.3, 0.4) is 0 Å². The molecule has 0 aliphatic rings. The summed E-state index contributed by atoms with van der Waals surface area (Å²) in [6.45, 7) is 7.75. The predicted molar refractivity (Wildman–Crippen MR) is 145 cm³/mol. The zero-order chi connectivity index (χ0) is 28.6. The monoisotopic (exact) mass is 540 g/mol. The molecule has 202 valence electrons. The molecule has 0 bridgehead atoms. The fourth-order valence-electron chi connectivity index (χ4n) is 4.80. The second kappa shape index (κ2) is 10.5. The molecule has 0 aliphatic heterocycles. The number of rotatable bonds is 8. The average Bonchev–Trinajstić information content (AvgIpc) is 3.47. The Morgan fingerprint density at radius 1 is 1.10 bits per heavy atom. The molecule has 0 fully saturated rings. The summed E-state index contributed by atoms with van der Waals surface area (Å²) in [5.74, 6) is -0.542. The number of carboxylic acid groups (broad SMARTS) is 1. The predicted octanol–water partition coefficient (Wildman–Crippen LogP) is 6.47. The molecule has 0 aliphatic carbocycles. The minimum atomic E-state index is -1.13. The number of aromatic nitrogens is 3. The van der Waals surface area contributed by atoms with Crippen molar-refractivity contribution in [3.8, 4) is 45.5 Å². The molecular weight excluding hydrogens is 515 g/mol. The van der Waals surface area contributed by atoms with E-state index in [4.69, 9.17) is 19.0 Å². The van der Waals surface area contributed by atoms with E-state index in [-0.39, 0.29) is 41.4 Å². The first-order chi connectivity index (χ1) is 19.3. The maximum absolute atomic E-state index is 15.3. The van der Waals surface area contributed by atoms with Crippen molar-refractivity contribution in [1.82, 2.24) is 14.7 Å². The minimum absolute atomic E-state index is 0.00000647. The third kappa shape index (κ3) is 4.52. The van der Waals surface area contributed by atoms with Crippen molar-refractivity contribution in [1.29, 1.82) is 5.26 Å². The number of hydrogen-bond donors (Lipinski definition) is 1. The van der Waals surface area contributed by atoms with E-state index < -0.39 is 11.8 Å². The van der Waals surface area contributed by atoms with Gasteiger partial charge >= 0.3 is 5.97 Å². The first kappa shape index (κ1) is 26.4. The first-order valence-electron chi connectivity index (χ1n) is 12.6. The lowest BCUT2D eigenvalue weighted by Crippen LogP contribution is -2.07. The van der Waals surface area contributed by atoms with Crippen molar-refractivity contribution in [3.05, 3.63) is 77.2 Å². The summed E-state index contributed by atoms with van der Waals surface area (Å²) in [6.07, 6.45) is 3.38. The van der Waals surface area contributed by atoms with Gasteiger partial charge in [-0.3, -0.25) is 4.98 Å². The zero-order valence-corrected chi connectivity index (χ0v) is 22.3. The number of halogens is 1. The van der Waals surface area contributed by atoms with Crippen LogP contribution in [0, 0.1) is 31.0 Å². The average molecular weight is 541 g/mol. The van der Waals surface area contributed by atoms with Crippen LogP contribution in [0.4, 0.5) is 4.39 Å². The highest BCUT2D eigenvalue weighted by Gasteiger charge is 2.24. The Labute approximate surface area is 229 Å². The number of nitrogens with zero attached hydrogens (tertiary/aromatic N) is 4. The van der Waals surface area contributed by atoms with Gasteiger partial charge in [0.2, 0.25) is 0 Å². The summed E-state index contributed by atoms with van der Waals surface area (Å²) in [7, 11) is 0. The lowest BCUT2D eigenvalue weighted by Gasteiger charge is -2.18. The fraction of sp³-hybridized carbons (Fsp3) is 0.200. The van der Waals surface area contributed by atoms with E-state index in [1.807, 2.05) is 19.1 Å². The molecule has 0 amide bonds. The zero-order valence-electron chi connectivity index (χ0n) is 22.3. The molecule has 40 heavy (non-hydrogen) atoms. The first-order valence-corrected chi connectivity index (χ1v) is 12.6. The summed E-state index contributed by atoms with van der Waals surface area (Å²) in [5, 5.41) is 23.0. The number of nitriles is 1. The Morgan fingerprint density at radius 2 is 1.80 bits per heavy atom. The van der Waals surface area contributed by atoms with Crippen LogP contribution in [0.2, 0.25) is 0 Å². The molecule has 0 unspecified atom stereocenters. The maximum atomic E-state index is 15.3. The van der Waals surface area contributed by atoms with Gasteiger partial charge in [-0.15, -0.1) is 0 Å². The largest absolute Gasteiger partial charge is 0.492 e. The van der Waals surface area contributed by atoms with Gasteiger partial charge in [0.25, 0.3) is 0 Å². The van der Waals surface area contributed by atoms with Gasteiger partial charge < -0.3 is 23.7 Å². The van der Waals surface area contributed by atoms with Crippen molar-refractivity contribution < 1.29 is 28.3 Å². The fourth-order valence-corrected chi connectivity index (χ4v) is 4.80. The molecule has 3 heterocycles. The smallest absolute Gasteiger partial charge is 0.335 e. The van der Waals surface area contributed by atoms with E-state index in [0.717, 1.165) is 11.1 Å². The number of benzene rings is 2. The van der Waals surface area contributed by atoms with Crippen LogP contribution in [0.15, 0.2) is 53.3 Å². The summed E-state index contributed by atoms with van der Waals surface area (Å²) >= 11 is 0. The Kier molecular flexibility index (Phi) is 6.96. The molecular formula is C30H25FN4O5. The molecule has 5 rings (SSSR count). The molecule has 2 aromatic carbocycles. The molecule has 0 atom stereocenters. The molecule has 10 heteroatoms. The van der Waals surface area contributed by atoms with E-state index in [1.165, 1.54) is 24.3 Å². The van der Waals surface area contributed by atoms with E-state index in [0.29, 0.717) is 33.7 Å². The van der Waals surface area contributed by atoms with E-state index >= 15 is 4.39 Å². The number of ether oxygens (including phenoxy) is 2. The molecule has 0 saturated carbocycles. The Morgan fingerprint density at radius 3 is 2.35 bits per heavy atom. The number of pyridine rings is 1. The summed E-state index contributed by atoms with van der Waals surface area (Å²) in [6, 6.07) is 11.0. The summed E-state index contributed by atoms with van der Waals surface area (Å²) < 4.78 is 34.2. The van der Waals surface area contributed by atoms with Crippen LogP contribution in [0.25, 0.3) is 39.0 Å². The molecule has 9 nitrogen and oxygen atoms in total. The van der Waals surface area contributed by atoms with Gasteiger partial charge in [0.15, 0.2) is 0 Å². The van der Waals surface area contributed by atoms with Crippen molar-refractivity contribution >= 4 is 17.0 Å². The normalized spacial score (nSPS) is 11.0. The molecule has 5 aromatic rings. The minimum Gasteiger partial charge on any atom is -0.492 e. The van der Waals surface area contributed by atoms with Gasteiger partial charge in [-0.25, -0.2) is 9.18 Å². The van der Waals surface area contributed by atoms with Crippen LogP contribution in [-0.2, 0) is 0 Å². The molecule has 0 spiro atoms. The van der Waals surface area contributed by atoms with Crippen molar-refractivity contribution in [3.63, 3.8) is 0 Å². The van der Waals surface area contributed by atoms with Crippen molar-refractivity contribution in [2.24, 2.45) is 0 Å². The number of carboxylic acids is 1. The van der Waals surface area contributed by atoms with Gasteiger partial charge in [-0.1, -0.05) is 5.16 Å². The molecule has 0 saturated heterocycles. The van der Waals surface area contributed by atoms with Crippen LogP contribution in [0.5, 0.6) is 11.5 Å². The number of carbonyl (C=O) groups is 1. The summed E-state index contributed by atoms with van der Waals surface area (Å²) in [5.41, 5.74) is 4.61. The van der Waals surface area contributed by atoms with Crippen LogP contribution < -0.4 is 9.47 Å². The Hall–Kier alpha value is -5.17. The molecule has 1 N–H and O–H groups in total. The number of aryl methyl sites for hydroxylation is 2. The highest BCUT2D eigenvalue weighted by molar-refractivity contribution is 5.97. The molecule has 0 radical (unpaired) electrons. The lowest BCUT2D eigenvalue weighted by molar-refractivity contribution is 0.0695. The summed E-state index contributed by atoms with van der Waals surface area (Å²) in [4.78, 5) is 16.6.